The number of carbonyl (C=O) groups excluding carboxylic acids is 1. The van der Waals surface area contributed by atoms with E-state index >= 15 is 0 Å². The minimum atomic E-state index is -0.188. The van der Waals surface area contributed by atoms with E-state index in [1.807, 2.05) is 12.1 Å². The van der Waals surface area contributed by atoms with Crippen molar-refractivity contribution in [3.05, 3.63) is 83.6 Å². The number of aryl methyl sites for hydroxylation is 1. The van der Waals surface area contributed by atoms with Gasteiger partial charge in [0, 0.05) is 12.6 Å². The Kier molecular flexibility index (Phi) is 4.79. The number of furan rings is 1. The van der Waals surface area contributed by atoms with Crippen LogP contribution in [0.15, 0.2) is 70.5 Å². The molecule has 2 aliphatic rings. The molecule has 1 aromatic carbocycles. The molecule has 0 spiro atoms. The number of hydrogen-bond donors (Lipinski definition) is 1. The first-order valence-electron chi connectivity index (χ1n) is 10.6. The maximum atomic E-state index is 13.4. The van der Waals surface area contributed by atoms with Gasteiger partial charge < -0.3 is 13.9 Å². The molecule has 1 unspecified atom stereocenters. The van der Waals surface area contributed by atoms with E-state index in [9.17, 15) is 4.79 Å². The highest BCUT2D eigenvalue weighted by molar-refractivity contribution is 6.03. The van der Waals surface area contributed by atoms with Crippen LogP contribution < -0.4 is 4.90 Å². The van der Waals surface area contributed by atoms with Crippen molar-refractivity contribution in [3.8, 4) is 0 Å². The van der Waals surface area contributed by atoms with Crippen molar-refractivity contribution < 1.29 is 14.1 Å². The first-order chi connectivity index (χ1) is 14.6. The number of rotatable bonds is 4. The molecule has 2 aromatic heterocycles. The van der Waals surface area contributed by atoms with Gasteiger partial charge in [0.25, 0.3) is 5.91 Å². The number of carbonyl (C=O) groups is 1. The number of fused-ring (bicyclic) bond motifs is 1. The zero-order valence-corrected chi connectivity index (χ0v) is 17.4. The summed E-state index contributed by atoms with van der Waals surface area (Å²) in [5, 5.41) is 6.43. The molecule has 4 heterocycles. The summed E-state index contributed by atoms with van der Waals surface area (Å²) in [7, 11) is 0. The van der Waals surface area contributed by atoms with Gasteiger partial charge in [0.2, 0.25) is 0 Å². The predicted molar refractivity (Wildman–Crippen MR) is 114 cm³/mol. The smallest absolute Gasteiger partial charge is 0.298 e. The maximum absolute atomic E-state index is 13.4. The third-order valence-electron chi connectivity index (χ3n) is 6.40. The Labute approximate surface area is 176 Å². The summed E-state index contributed by atoms with van der Waals surface area (Å²) < 4.78 is 7.96. The molecule has 0 radical (unpaired) electrons. The fourth-order valence-electron chi connectivity index (χ4n) is 4.59. The van der Waals surface area contributed by atoms with Crippen LogP contribution >= 0.6 is 0 Å². The van der Waals surface area contributed by atoms with E-state index in [1.165, 1.54) is 16.2 Å². The Balaban J connectivity index is 1.39. The lowest BCUT2D eigenvalue weighted by Crippen LogP contribution is -3.14. The summed E-state index contributed by atoms with van der Waals surface area (Å²) in [5.74, 6) is 0.824. The molecular weight excluding hydrogens is 376 g/mol. The molecule has 0 saturated heterocycles. The van der Waals surface area contributed by atoms with Gasteiger partial charge in [0.15, 0.2) is 6.54 Å². The van der Waals surface area contributed by atoms with E-state index in [-0.39, 0.29) is 18.0 Å². The van der Waals surface area contributed by atoms with Gasteiger partial charge >= 0.3 is 0 Å². The largest absolute Gasteiger partial charge is 0.467 e. The maximum Gasteiger partial charge on any atom is 0.298 e. The number of benzene rings is 1. The molecular formula is C24H27N4O2+. The summed E-state index contributed by atoms with van der Waals surface area (Å²) in [6, 6.07) is 16.5. The Hall–Kier alpha value is -3.12. The second-order valence-electron chi connectivity index (χ2n) is 8.32. The van der Waals surface area contributed by atoms with Crippen LogP contribution in [0.5, 0.6) is 0 Å². The lowest BCUT2D eigenvalue weighted by atomic mass is 10.0. The molecule has 154 valence electrons. The van der Waals surface area contributed by atoms with Gasteiger partial charge in [-0.3, -0.25) is 4.79 Å². The van der Waals surface area contributed by atoms with E-state index in [4.69, 9.17) is 9.52 Å². The number of hydrazone groups is 1. The van der Waals surface area contributed by atoms with E-state index < -0.39 is 0 Å². The molecule has 2 aliphatic heterocycles. The second-order valence-corrected chi connectivity index (χ2v) is 8.32. The molecule has 5 rings (SSSR count). The minimum Gasteiger partial charge on any atom is -0.467 e. The number of nitrogens with zero attached hydrogens (tertiary/aromatic N) is 3. The van der Waals surface area contributed by atoms with Crippen molar-refractivity contribution in [3.63, 3.8) is 0 Å². The van der Waals surface area contributed by atoms with Crippen LogP contribution in [0.4, 0.5) is 0 Å². The van der Waals surface area contributed by atoms with Crippen LogP contribution in [0.25, 0.3) is 0 Å². The van der Waals surface area contributed by atoms with Crippen molar-refractivity contribution in [2.75, 3.05) is 13.1 Å². The highest BCUT2D eigenvalue weighted by atomic mass is 16.3. The Bertz CT molecular complexity index is 1070. The summed E-state index contributed by atoms with van der Waals surface area (Å²) in [6.45, 7) is 6.56. The molecule has 1 amide bonds. The zero-order chi connectivity index (χ0) is 20.7. The molecule has 3 atom stereocenters. The average molecular weight is 404 g/mol. The van der Waals surface area contributed by atoms with Gasteiger partial charge in [-0.05, 0) is 43.7 Å². The summed E-state index contributed by atoms with van der Waals surface area (Å²) in [4.78, 5) is 14.7. The SMILES string of the molecule is Cc1ccc(C2=NN(C(=O)C[NH+]3CCn4cccc4[C@@H]3C)[C@@H](c3ccco3)C2)cc1. The number of amides is 1. The van der Waals surface area contributed by atoms with E-state index in [0.717, 1.165) is 30.1 Å². The molecule has 6 heteroatoms. The summed E-state index contributed by atoms with van der Waals surface area (Å²) in [6.07, 6.45) is 4.44. The second kappa shape index (κ2) is 7.61. The zero-order valence-electron chi connectivity index (χ0n) is 17.4. The summed E-state index contributed by atoms with van der Waals surface area (Å²) >= 11 is 0. The molecule has 3 aromatic rings. The van der Waals surface area contributed by atoms with Crippen molar-refractivity contribution >= 4 is 11.6 Å². The fourth-order valence-corrected chi connectivity index (χ4v) is 4.59. The Morgan fingerprint density at radius 2 is 2.03 bits per heavy atom. The number of nitrogens with one attached hydrogen (secondary N) is 1. The highest BCUT2D eigenvalue weighted by Crippen LogP contribution is 2.33. The number of quaternary nitrogens is 1. The number of aromatic nitrogens is 1. The third-order valence-corrected chi connectivity index (χ3v) is 6.40. The molecule has 1 N–H and O–H groups in total. The van der Waals surface area contributed by atoms with Crippen molar-refractivity contribution in [2.24, 2.45) is 5.10 Å². The predicted octanol–water partition coefficient (Wildman–Crippen LogP) is 2.73. The van der Waals surface area contributed by atoms with E-state index in [1.54, 1.807) is 11.3 Å². The number of hydrogen-bond acceptors (Lipinski definition) is 3. The van der Waals surface area contributed by atoms with Crippen LogP contribution in [0.2, 0.25) is 0 Å². The lowest BCUT2D eigenvalue weighted by Gasteiger charge is -2.32. The molecule has 0 saturated carbocycles. The van der Waals surface area contributed by atoms with E-state index in [0.29, 0.717) is 13.0 Å². The van der Waals surface area contributed by atoms with Crippen LogP contribution in [-0.2, 0) is 11.3 Å². The van der Waals surface area contributed by atoms with Crippen molar-refractivity contribution in [1.82, 2.24) is 9.58 Å². The van der Waals surface area contributed by atoms with Crippen molar-refractivity contribution in [1.29, 1.82) is 0 Å². The third kappa shape index (κ3) is 3.37. The van der Waals surface area contributed by atoms with Crippen molar-refractivity contribution in [2.45, 2.75) is 38.9 Å². The van der Waals surface area contributed by atoms with Gasteiger partial charge in [-0.25, -0.2) is 5.01 Å². The monoisotopic (exact) mass is 403 g/mol. The van der Waals surface area contributed by atoms with E-state index in [2.05, 4.69) is 61.0 Å². The van der Waals surface area contributed by atoms with Gasteiger partial charge in [-0.15, -0.1) is 0 Å². The topological polar surface area (TPSA) is 55.2 Å². The van der Waals surface area contributed by atoms with Gasteiger partial charge in [0.1, 0.15) is 17.8 Å². The molecule has 6 nitrogen and oxygen atoms in total. The quantitative estimate of drug-likeness (QED) is 0.728. The minimum absolute atomic E-state index is 0.0420. The first-order valence-corrected chi connectivity index (χ1v) is 10.6. The molecule has 0 aliphatic carbocycles. The first kappa shape index (κ1) is 18.9. The molecule has 30 heavy (non-hydrogen) atoms. The van der Waals surface area contributed by atoms with Crippen LogP contribution in [0.3, 0.4) is 0 Å². The lowest BCUT2D eigenvalue weighted by molar-refractivity contribution is -0.926. The normalized spacial score (nSPS) is 23.3. The van der Waals surface area contributed by atoms with Crippen LogP contribution in [0.1, 0.15) is 48.0 Å². The van der Waals surface area contributed by atoms with Gasteiger partial charge in [-0.2, -0.15) is 5.10 Å². The van der Waals surface area contributed by atoms with Crippen LogP contribution in [-0.4, -0.2) is 34.3 Å². The molecule has 0 bridgehead atoms. The summed E-state index contributed by atoms with van der Waals surface area (Å²) in [5.41, 5.74) is 4.49. The molecule has 0 fully saturated rings. The van der Waals surface area contributed by atoms with Gasteiger partial charge in [0.05, 0.1) is 30.8 Å². The Morgan fingerprint density at radius 1 is 1.20 bits per heavy atom. The standard InChI is InChI=1S/C24H26N4O2/c1-17-7-9-19(10-8-17)20-15-22(23-6-4-14-30-23)28(25-20)24(29)16-27-13-12-26-11-3-5-21(26)18(27)2/h3-11,14,18,22H,12-13,15-16H2,1-2H3/p+1/t18-,22+/m0/s1. The van der Waals surface area contributed by atoms with Gasteiger partial charge in [-0.1, -0.05) is 29.8 Å². The Morgan fingerprint density at radius 3 is 2.80 bits per heavy atom. The highest BCUT2D eigenvalue weighted by Gasteiger charge is 2.38. The van der Waals surface area contributed by atoms with Crippen LogP contribution in [0, 0.1) is 6.92 Å². The fraction of sp³-hybridized carbons (Fsp3) is 0.333. The average Bonchev–Trinajstić information content (AvgIpc) is 3.50.